The molecule has 2 rings (SSSR count). The van der Waals surface area contributed by atoms with Gasteiger partial charge in [0.05, 0.1) is 6.04 Å². The van der Waals surface area contributed by atoms with Gasteiger partial charge in [-0.15, -0.1) is 0 Å². The van der Waals surface area contributed by atoms with E-state index in [0.29, 0.717) is 12.8 Å². The zero-order valence-corrected chi connectivity index (χ0v) is 6.82. The second-order valence-electron chi connectivity index (χ2n) is 3.26. The summed E-state index contributed by atoms with van der Waals surface area (Å²) in [6.07, 6.45) is 6.31. The summed E-state index contributed by atoms with van der Waals surface area (Å²) in [6, 6.07) is -0.142. The van der Waals surface area contributed by atoms with Gasteiger partial charge in [0, 0.05) is 19.0 Å². The van der Waals surface area contributed by atoms with Crippen LogP contribution in [0.15, 0.2) is 12.3 Å². The van der Waals surface area contributed by atoms with E-state index < -0.39 is 0 Å². The summed E-state index contributed by atoms with van der Waals surface area (Å²) < 4.78 is 0. The summed E-state index contributed by atoms with van der Waals surface area (Å²) in [5, 5.41) is 0. The molecule has 1 atom stereocenters. The summed E-state index contributed by atoms with van der Waals surface area (Å²) >= 11 is 0. The Morgan fingerprint density at radius 2 is 2.25 bits per heavy atom. The lowest BCUT2D eigenvalue weighted by atomic mass is 9.94. The van der Waals surface area contributed by atoms with E-state index in [2.05, 4.69) is 0 Å². The number of nitrogens with zero attached hydrogens (tertiary/aromatic N) is 1. The molecule has 12 heavy (non-hydrogen) atoms. The van der Waals surface area contributed by atoms with Gasteiger partial charge in [0.25, 0.3) is 0 Å². The number of piperidine rings is 1. The highest BCUT2D eigenvalue weighted by atomic mass is 16.2. The van der Waals surface area contributed by atoms with E-state index in [1.54, 1.807) is 17.2 Å². The molecule has 1 amide bonds. The molecule has 0 aromatic rings. The van der Waals surface area contributed by atoms with E-state index in [0.717, 1.165) is 12.8 Å². The number of hydrogen-bond donors (Lipinski definition) is 0. The van der Waals surface area contributed by atoms with Gasteiger partial charge >= 0.3 is 0 Å². The zero-order valence-electron chi connectivity index (χ0n) is 6.82. The van der Waals surface area contributed by atoms with E-state index in [1.807, 2.05) is 0 Å². The van der Waals surface area contributed by atoms with E-state index >= 15 is 0 Å². The molecule has 2 aliphatic rings. The molecular formula is C9H11NO2. The van der Waals surface area contributed by atoms with Crippen LogP contribution >= 0.6 is 0 Å². The van der Waals surface area contributed by atoms with Crippen LogP contribution in [0.3, 0.4) is 0 Å². The molecule has 1 unspecified atom stereocenters. The predicted octanol–water partition coefficient (Wildman–Crippen LogP) is 0.854. The Balaban J connectivity index is 2.25. The maximum atomic E-state index is 11.3. The van der Waals surface area contributed by atoms with Crippen LogP contribution in [0.4, 0.5) is 0 Å². The average Bonchev–Trinajstić information content (AvgIpc) is 2.07. The fourth-order valence-electron chi connectivity index (χ4n) is 1.81. The van der Waals surface area contributed by atoms with Gasteiger partial charge in [0.15, 0.2) is 5.78 Å². The SMILES string of the molecule is O=C1CC=CN2C(=O)CCCC12. The molecule has 0 N–H and O–H groups in total. The van der Waals surface area contributed by atoms with Crippen molar-refractivity contribution < 1.29 is 9.59 Å². The Morgan fingerprint density at radius 1 is 1.42 bits per heavy atom. The number of allylic oxidation sites excluding steroid dienone is 1. The highest BCUT2D eigenvalue weighted by Gasteiger charge is 2.32. The Hall–Kier alpha value is -1.12. The van der Waals surface area contributed by atoms with Crippen molar-refractivity contribution in [2.24, 2.45) is 0 Å². The number of rotatable bonds is 0. The van der Waals surface area contributed by atoms with Crippen LogP contribution in [0, 0.1) is 0 Å². The molecule has 0 saturated carbocycles. The van der Waals surface area contributed by atoms with E-state index in [-0.39, 0.29) is 17.7 Å². The van der Waals surface area contributed by atoms with Crippen molar-refractivity contribution in [2.45, 2.75) is 31.7 Å². The first-order valence-corrected chi connectivity index (χ1v) is 4.29. The summed E-state index contributed by atoms with van der Waals surface area (Å²) in [6.45, 7) is 0. The summed E-state index contributed by atoms with van der Waals surface area (Å²) in [5.74, 6) is 0.279. The highest BCUT2D eigenvalue weighted by Crippen LogP contribution is 2.23. The van der Waals surface area contributed by atoms with Gasteiger partial charge in [-0.05, 0) is 12.8 Å². The summed E-state index contributed by atoms with van der Waals surface area (Å²) in [4.78, 5) is 24.2. The zero-order chi connectivity index (χ0) is 8.55. The van der Waals surface area contributed by atoms with E-state index in [1.165, 1.54) is 0 Å². The van der Waals surface area contributed by atoms with E-state index in [4.69, 9.17) is 0 Å². The maximum Gasteiger partial charge on any atom is 0.227 e. The minimum atomic E-state index is -0.142. The minimum Gasteiger partial charge on any atom is -0.309 e. The van der Waals surface area contributed by atoms with Crippen LogP contribution in [0.5, 0.6) is 0 Å². The van der Waals surface area contributed by atoms with Crippen LogP contribution in [0.2, 0.25) is 0 Å². The Morgan fingerprint density at radius 3 is 3.00 bits per heavy atom. The van der Waals surface area contributed by atoms with Gasteiger partial charge < -0.3 is 4.90 Å². The lowest BCUT2D eigenvalue weighted by molar-refractivity contribution is -0.139. The number of amides is 1. The smallest absolute Gasteiger partial charge is 0.227 e. The highest BCUT2D eigenvalue weighted by molar-refractivity contribution is 5.92. The Kier molecular flexibility index (Phi) is 1.71. The number of ketones is 1. The lowest BCUT2D eigenvalue weighted by Gasteiger charge is -2.33. The largest absolute Gasteiger partial charge is 0.309 e. The molecule has 1 saturated heterocycles. The van der Waals surface area contributed by atoms with Gasteiger partial charge in [0.2, 0.25) is 5.91 Å². The molecule has 0 aromatic heterocycles. The first-order valence-electron chi connectivity index (χ1n) is 4.29. The normalized spacial score (nSPS) is 29.0. The average molecular weight is 165 g/mol. The van der Waals surface area contributed by atoms with Gasteiger partial charge in [-0.25, -0.2) is 0 Å². The fourth-order valence-corrected chi connectivity index (χ4v) is 1.81. The van der Waals surface area contributed by atoms with Crippen molar-refractivity contribution in [3.05, 3.63) is 12.3 Å². The molecule has 2 heterocycles. The van der Waals surface area contributed by atoms with Gasteiger partial charge in [-0.2, -0.15) is 0 Å². The number of carbonyl (C=O) groups excluding carboxylic acids is 2. The van der Waals surface area contributed by atoms with Crippen molar-refractivity contribution in [3.8, 4) is 0 Å². The van der Waals surface area contributed by atoms with Gasteiger partial charge in [0.1, 0.15) is 0 Å². The van der Waals surface area contributed by atoms with Crippen molar-refractivity contribution >= 4 is 11.7 Å². The first-order chi connectivity index (χ1) is 5.79. The van der Waals surface area contributed by atoms with Crippen molar-refractivity contribution in [1.29, 1.82) is 0 Å². The number of hydrogen-bond acceptors (Lipinski definition) is 2. The molecule has 0 radical (unpaired) electrons. The standard InChI is InChI=1S/C9H11NO2/c11-8-4-2-6-10-7(8)3-1-5-9(10)12/h2,6-7H,1,3-5H2. The van der Waals surface area contributed by atoms with Crippen molar-refractivity contribution in [1.82, 2.24) is 4.90 Å². The molecular weight excluding hydrogens is 154 g/mol. The molecule has 64 valence electrons. The number of carbonyl (C=O) groups is 2. The third-order valence-corrected chi connectivity index (χ3v) is 2.45. The van der Waals surface area contributed by atoms with Crippen LogP contribution in [-0.4, -0.2) is 22.6 Å². The first kappa shape index (κ1) is 7.53. The molecule has 3 nitrogen and oxygen atoms in total. The van der Waals surface area contributed by atoms with Crippen LogP contribution < -0.4 is 0 Å². The maximum absolute atomic E-state index is 11.3. The quantitative estimate of drug-likeness (QED) is 0.533. The monoisotopic (exact) mass is 165 g/mol. The second kappa shape index (κ2) is 2.73. The van der Waals surface area contributed by atoms with Gasteiger partial charge in [-0.1, -0.05) is 6.08 Å². The third-order valence-electron chi connectivity index (χ3n) is 2.45. The van der Waals surface area contributed by atoms with Crippen molar-refractivity contribution in [3.63, 3.8) is 0 Å². The fraction of sp³-hybridized carbons (Fsp3) is 0.556. The molecule has 2 aliphatic heterocycles. The minimum absolute atomic E-state index is 0.0931. The molecule has 3 heteroatoms. The number of Topliss-reactive ketones (excluding diaryl/α,β-unsaturated/α-hetero) is 1. The lowest BCUT2D eigenvalue weighted by Crippen LogP contribution is -2.46. The topological polar surface area (TPSA) is 37.4 Å². The molecule has 0 spiro atoms. The predicted molar refractivity (Wildman–Crippen MR) is 43.2 cm³/mol. The van der Waals surface area contributed by atoms with Crippen molar-refractivity contribution in [2.75, 3.05) is 0 Å². The number of fused-ring (bicyclic) bond motifs is 1. The molecule has 0 aromatic carbocycles. The third kappa shape index (κ3) is 1.05. The summed E-state index contributed by atoms with van der Waals surface area (Å²) in [5.41, 5.74) is 0. The molecule has 0 aliphatic carbocycles. The molecule has 1 fully saturated rings. The van der Waals surface area contributed by atoms with Crippen LogP contribution in [0.25, 0.3) is 0 Å². The Labute approximate surface area is 71.0 Å². The second-order valence-corrected chi connectivity index (χ2v) is 3.26. The molecule has 0 bridgehead atoms. The summed E-state index contributed by atoms with van der Waals surface area (Å²) in [7, 11) is 0. The van der Waals surface area contributed by atoms with Crippen LogP contribution in [-0.2, 0) is 9.59 Å². The van der Waals surface area contributed by atoms with E-state index in [9.17, 15) is 9.59 Å². The Bertz CT molecular complexity index is 257. The van der Waals surface area contributed by atoms with Gasteiger partial charge in [-0.3, -0.25) is 9.59 Å². The van der Waals surface area contributed by atoms with Crippen LogP contribution in [0.1, 0.15) is 25.7 Å².